The van der Waals surface area contributed by atoms with Crippen molar-refractivity contribution in [2.24, 2.45) is 0 Å². The van der Waals surface area contributed by atoms with E-state index in [0.717, 1.165) is 6.20 Å². The zero-order chi connectivity index (χ0) is 17.0. The van der Waals surface area contributed by atoms with Gasteiger partial charge in [0.1, 0.15) is 12.4 Å². The van der Waals surface area contributed by atoms with Crippen molar-refractivity contribution >= 4 is 34.7 Å². The molecule has 23 heavy (non-hydrogen) atoms. The van der Waals surface area contributed by atoms with E-state index in [-0.39, 0.29) is 30.3 Å². The van der Waals surface area contributed by atoms with E-state index in [1.54, 1.807) is 6.07 Å². The predicted octanol–water partition coefficient (Wildman–Crippen LogP) is 2.68. The van der Waals surface area contributed by atoms with Crippen LogP contribution in [-0.4, -0.2) is 26.4 Å². The molecule has 1 aromatic carbocycles. The molecule has 1 aromatic heterocycles. The molecule has 0 unspecified atom stereocenters. The number of halogens is 1. The van der Waals surface area contributed by atoms with Crippen LogP contribution in [0, 0.1) is 10.1 Å². The fourth-order valence-electron chi connectivity index (χ4n) is 1.84. The molecule has 0 spiro atoms. The van der Waals surface area contributed by atoms with Gasteiger partial charge in [-0.25, -0.2) is 0 Å². The fourth-order valence-corrected chi connectivity index (χ4v) is 2.00. The summed E-state index contributed by atoms with van der Waals surface area (Å²) in [6, 6.07) is 4.61. The van der Waals surface area contributed by atoms with Crippen LogP contribution in [0.3, 0.4) is 0 Å². The number of carbonyl (C=O) groups is 2. The van der Waals surface area contributed by atoms with Crippen LogP contribution in [0.5, 0.6) is 0 Å². The van der Waals surface area contributed by atoms with Gasteiger partial charge in [-0.1, -0.05) is 11.6 Å². The molecular formula is C14H13ClN4O4. The van der Waals surface area contributed by atoms with E-state index < -0.39 is 4.92 Å². The molecule has 120 valence electrons. The first-order valence-corrected chi connectivity index (χ1v) is 7.02. The van der Waals surface area contributed by atoms with Gasteiger partial charge in [0.15, 0.2) is 5.78 Å². The van der Waals surface area contributed by atoms with E-state index in [1.165, 1.54) is 29.9 Å². The smallest absolute Gasteiger partial charge is 0.306 e. The van der Waals surface area contributed by atoms with Crippen molar-refractivity contribution in [2.45, 2.75) is 19.9 Å². The summed E-state index contributed by atoms with van der Waals surface area (Å²) in [6.45, 7) is 1.60. The first kappa shape index (κ1) is 16.6. The first-order valence-electron chi connectivity index (χ1n) is 6.64. The maximum Gasteiger partial charge on any atom is 0.306 e. The van der Waals surface area contributed by atoms with Gasteiger partial charge in [0, 0.05) is 18.5 Å². The second-order valence-electron chi connectivity index (χ2n) is 4.77. The number of nitrogens with zero attached hydrogens (tertiary/aromatic N) is 3. The summed E-state index contributed by atoms with van der Waals surface area (Å²) in [4.78, 5) is 33.3. The molecular weight excluding hydrogens is 324 g/mol. The Morgan fingerprint density at radius 1 is 1.43 bits per heavy atom. The molecule has 0 fully saturated rings. The van der Waals surface area contributed by atoms with Crippen LogP contribution in [0.25, 0.3) is 0 Å². The Labute approximate surface area is 136 Å². The van der Waals surface area contributed by atoms with Crippen LogP contribution in [-0.2, 0) is 11.3 Å². The van der Waals surface area contributed by atoms with E-state index in [0.29, 0.717) is 16.3 Å². The van der Waals surface area contributed by atoms with E-state index in [2.05, 4.69) is 10.4 Å². The first-order chi connectivity index (χ1) is 10.9. The van der Waals surface area contributed by atoms with Gasteiger partial charge < -0.3 is 5.32 Å². The van der Waals surface area contributed by atoms with Crippen LogP contribution in [0.2, 0.25) is 5.02 Å². The molecule has 1 amide bonds. The Balaban J connectivity index is 1.98. The molecule has 1 N–H and O–H groups in total. The summed E-state index contributed by atoms with van der Waals surface area (Å²) >= 11 is 5.98. The molecule has 9 heteroatoms. The molecule has 0 aliphatic rings. The number of aryl methyl sites for hydroxylation is 1. The average molecular weight is 337 g/mol. The van der Waals surface area contributed by atoms with Gasteiger partial charge in [-0.3, -0.25) is 24.4 Å². The fraction of sp³-hybridized carbons (Fsp3) is 0.214. The van der Waals surface area contributed by atoms with E-state index in [4.69, 9.17) is 11.6 Å². The lowest BCUT2D eigenvalue weighted by atomic mass is 10.1. The normalized spacial score (nSPS) is 10.3. The Kier molecular flexibility index (Phi) is 5.07. The minimum absolute atomic E-state index is 0.0550. The quantitative estimate of drug-likeness (QED) is 0.495. The number of hydrogen-bond acceptors (Lipinski definition) is 5. The van der Waals surface area contributed by atoms with Gasteiger partial charge in [0.05, 0.1) is 15.6 Å². The van der Waals surface area contributed by atoms with Crippen molar-refractivity contribution in [1.82, 2.24) is 9.78 Å². The van der Waals surface area contributed by atoms with Gasteiger partial charge in [0.2, 0.25) is 5.91 Å². The van der Waals surface area contributed by atoms with Crippen molar-refractivity contribution in [2.75, 3.05) is 5.32 Å². The Morgan fingerprint density at radius 2 is 2.17 bits per heavy atom. The third-order valence-corrected chi connectivity index (χ3v) is 3.37. The Bertz CT molecular complexity index is 772. The highest BCUT2D eigenvalue weighted by molar-refractivity contribution is 6.33. The third-order valence-electron chi connectivity index (χ3n) is 3.05. The van der Waals surface area contributed by atoms with Crippen LogP contribution < -0.4 is 5.32 Å². The maximum absolute atomic E-state index is 11.9. The van der Waals surface area contributed by atoms with Crippen molar-refractivity contribution in [3.8, 4) is 0 Å². The van der Waals surface area contributed by atoms with Crippen LogP contribution >= 0.6 is 11.6 Å². The highest BCUT2D eigenvalue weighted by Crippen LogP contribution is 2.23. The molecule has 8 nitrogen and oxygen atoms in total. The highest BCUT2D eigenvalue weighted by Gasteiger charge is 2.11. The van der Waals surface area contributed by atoms with Crippen LogP contribution in [0.15, 0.2) is 30.6 Å². The average Bonchev–Trinajstić information content (AvgIpc) is 2.96. The van der Waals surface area contributed by atoms with E-state index in [9.17, 15) is 19.7 Å². The summed E-state index contributed by atoms with van der Waals surface area (Å²) in [5, 5.41) is 17.3. The topological polar surface area (TPSA) is 107 Å². The molecule has 0 aliphatic heterocycles. The number of anilines is 1. The third kappa shape index (κ3) is 4.36. The number of nitro groups is 1. The predicted molar refractivity (Wildman–Crippen MR) is 83.6 cm³/mol. The number of ketones is 1. The van der Waals surface area contributed by atoms with Crippen molar-refractivity contribution in [1.29, 1.82) is 0 Å². The van der Waals surface area contributed by atoms with Crippen molar-refractivity contribution in [3.63, 3.8) is 0 Å². The molecule has 0 saturated carbocycles. The standard InChI is InChI=1S/C14H13ClN4O4/c1-9(20)10-2-3-12(15)13(6-10)17-14(21)4-5-18-8-11(7-16-18)19(22)23/h2-3,6-8H,4-5H2,1H3,(H,17,21). The summed E-state index contributed by atoms with van der Waals surface area (Å²) in [7, 11) is 0. The second-order valence-corrected chi connectivity index (χ2v) is 5.17. The monoisotopic (exact) mass is 336 g/mol. The maximum atomic E-state index is 11.9. The van der Waals surface area contributed by atoms with Gasteiger partial charge in [-0.15, -0.1) is 0 Å². The zero-order valence-electron chi connectivity index (χ0n) is 12.2. The molecule has 2 aromatic rings. The van der Waals surface area contributed by atoms with Gasteiger partial charge in [-0.05, 0) is 25.1 Å². The molecule has 0 aliphatic carbocycles. The lowest BCUT2D eigenvalue weighted by Crippen LogP contribution is -2.15. The summed E-state index contributed by atoms with van der Waals surface area (Å²) in [5.41, 5.74) is 0.644. The number of rotatable bonds is 6. The van der Waals surface area contributed by atoms with Gasteiger partial charge in [-0.2, -0.15) is 5.10 Å². The molecule has 0 atom stereocenters. The summed E-state index contributed by atoms with van der Waals surface area (Å²) in [6.07, 6.45) is 2.42. The second kappa shape index (κ2) is 7.01. The van der Waals surface area contributed by atoms with Crippen LogP contribution in [0.1, 0.15) is 23.7 Å². The molecule has 0 saturated heterocycles. The number of hydrogen-bond donors (Lipinski definition) is 1. The Morgan fingerprint density at radius 3 is 2.78 bits per heavy atom. The summed E-state index contributed by atoms with van der Waals surface area (Å²) in [5.74, 6) is -0.480. The largest absolute Gasteiger partial charge is 0.325 e. The van der Waals surface area contributed by atoms with E-state index in [1.807, 2.05) is 0 Å². The lowest BCUT2D eigenvalue weighted by Gasteiger charge is -2.08. The Hall–Kier alpha value is -2.74. The molecule has 1 heterocycles. The van der Waals surface area contributed by atoms with Crippen molar-refractivity contribution in [3.05, 3.63) is 51.3 Å². The van der Waals surface area contributed by atoms with E-state index >= 15 is 0 Å². The lowest BCUT2D eigenvalue weighted by molar-refractivity contribution is -0.385. The number of Topliss-reactive ketones (excluding diaryl/α,β-unsaturated/α-hetero) is 1. The molecule has 0 bridgehead atoms. The SMILES string of the molecule is CC(=O)c1ccc(Cl)c(NC(=O)CCn2cc([N+](=O)[O-])cn2)c1. The highest BCUT2D eigenvalue weighted by atomic mass is 35.5. The zero-order valence-corrected chi connectivity index (χ0v) is 12.9. The minimum atomic E-state index is -0.559. The molecule has 2 rings (SSSR count). The van der Waals surface area contributed by atoms with Crippen LogP contribution in [0.4, 0.5) is 11.4 Å². The number of amides is 1. The molecule has 0 radical (unpaired) electrons. The van der Waals surface area contributed by atoms with Gasteiger partial charge >= 0.3 is 5.69 Å². The van der Waals surface area contributed by atoms with Gasteiger partial charge in [0.25, 0.3) is 0 Å². The van der Waals surface area contributed by atoms with Crippen molar-refractivity contribution < 1.29 is 14.5 Å². The number of nitrogens with one attached hydrogen (secondary N) is 1. The summed E-state index contributed by atoms with van der Waals surface area (Å²) < 4.78 is 1.31. The minimum Gasteiger partial charge on any atom is -0.325 e. The number of aromatic nitrogens is 2. The number of benzene rings is 1. The number of carbonyl (C=O) groups excluding carboxylic acids is 2.